The predicted octanol–water partition coefficient (Wildman–Crippen LogP) is 2.85. The van der Waals surface area contributed by atoms with E-state index in [2.05, 4.69) is 4.18 Å². The molecule has 1 rings (SSSR count). The van der Waals surface area contributed by atoms with Crippen LogP contribution >= 0.6 is 0 Å². The summed E-state index contributed by atoms with van der Waals surface area (Å²) in [5, 5.41) is 10.4. The molecular weight excluding hydrogens is 291 g/mol. The van der Waals surface area contributed by atoms with E-state index in [0.29, 0.717) is 0 Å². The molecule has 0 aliphatic rings. The van der Waals surface area contributed by atoms with E-state index in [4.69, 9.17) is 0 Å². The molecule has 0 heterocycles. The van der Waals surface area contributed by atoms with Crippen molar-refractivity contribution in [3.63, 3.8) is 0 Å². The van der Waals surface area contributed by atoms with Crippen molar-refractivity contribution >= 4 is 15.8 Å². The van der Waals surface area contributed by atoms with Crippen LogP contribution in [0.15, 0.2) is 24.3 Å². The van der Waals surface area contributed by atoms with Crippen LogP contribution in [0.1, 0.15) is 13.8 Å². The molecule has 6 nitrogen and oxygen atoms in total. The fourth-order valence-corrected chi connectivity index (χ4v) is 1.32. The van der Waals surface area contributed by atoms with E-state index in [1.165, 1.54) is 0 Å². The molecule has 108 valence electrons. The molecule has 0 aliphatic carbocycles. The van der Waals surface area contributed by atoms with Gasteiger partial charge in [-0.15, -0.1) is 0 Å². The van der Waals surface area contributed by atoms with Gasteiger partial charge in [-0.3, -0.25) is 10.1 Å². The van der Waals surface area contributed by atoms with Crippen LogP contribution in [0.4, 0.5) is 18.9 Å². The molecule has 0 fully saturated rings. The smallest absolute Gasteiger partial charge is 0.369 e. The summed E-state index contributed by atoms with van der Waals surface area (Å²) >= 11 is 0. The van der Waals surface area contributed by atoms with Gasteiger partial charge in [0.2, 0.25) is 5.75 Å². The van der Waals surface area contributed by atoms with Crippen molar-refractivity contribution in [1.82, 2.24) is 0 Å². The standard InChI is InChI=1S/C7H4F3NO5S.C2H6/c8-7(9,10)17(14,15)16-6-4-2-1-3-5(6)11(12)13;1-2/h1-4H;1-2H3. The molecule has 0 atom stereocenters. The SMILES string of the molecule is CC.O=[N+]([O-])c1ccccc1OS(=O)(=O)C(F)(F)F. The molecule has 0 bridgehead atoms. The Labute approximate surface area is 107 Å². The lowest BCUT2D eigenvalue weighted by Gasteiger charge is -2.09. The van der Waals surface area contributed by atoms with Gasteiger partial charge in [0.15, 0.2) is 0 Å². The molecule has 0 N–H and O–H groups in total. The normalized spacial score (nSPS) is 11.2. The van der Waals surface area contributed by atoms with Crippen LogP contribution in [-0.4, -0.2) is 18.8 Å². The first-order valence-corrected chi connectivity index (χ1v) is 6.30. The van der Waals surface area contributed by atoms with Gasteiger partial charge in [0, 0.05) is 6.07 Å². The molecule has 0 spiro atoms. The van der Waals surface area contributed by atoms with Crippen LogP contribution in [0.5, 0.6) is 5.75 Å². The first-order valence-electron chi connectivity index (χ1n) is 4.89. The number of nitrogens with zero attached hydrogens (tertiary/aromatic N) is 1. The van der Waals surface area contributed by atoms with Gasteiger partial charge in [0.05, 0.1) is 4.92 Å². The summed E-state index contributed by atoms with van der Waals surface area (Å²) in [6.07, 6.45) is 0. The van der Waals surface area contributed by atoms with Gasteiger partial charge in [0.25, 0.3) is 0 Å². The highest BCUT2D eigenvalue weighted by atomic mass is 32.2. The lowest BCUT2D eigenvalue weighted by Crippen LogP contribution is -2.28. The molecule has 0 radical (unpaired) electrons. The third-order valence-corrected chi connectivity index (χ3v) is 2.51. The van der Waals surface area contributed by atoms with Crippen LogP contribution in [0.25, 0.3) is 0 Å². The fourth-order valence-electron chi connectivity index (χ4n) is 0.844. The number of halogens is 3. The van der Waals surface area contributed by atoms with Crippen LogP contribution in [-0.2, 0) is 10.1 Å². The van der Waals surface area contributed by atoms with Crippen molar-refractivity contribution < 1.29 is 30.7 Å². The van der Waals surface area contributed by atoms with Crippen molar-refractivity contribution in [2.75, 3.05) is 0 Å². The average molecular weight is 301 g/mol. The summed E-state index contributed by atoms with van der Waals surface area (Å²) in [7, 11) is -5.91. The second kappa shape index (κ2) is 6.36. The molecule has 19 heavy (non-hydrogen) atoms. The van der Waals surface area contributed by atoms with Crippen molar-refractivity contribution in [3.05, 3.63) is 34.4 Å². The highest BCUT2D eigenvalue weighted by molar-refractivity contribution is 7.88. The molecular formula is C9H10F3NO5S. The monoisotopic (exact) mass is 301 g/mol. The van der Waals surface area contributed by atoms with Gasteiger partial charge < -0.3 is 4.18 Å². The quantitative estimate of drug-likeness (QED) is 0.371. The number of hydrogen-bond donors (Lipinski definition) is 0. The Hall–Kier alpha value is -1.84. The number of para-hydroxylation sites is 2. The Morgan fingerprint density at radius 3 is 2.11 bits per heavy atom. The minimum Gasteiger partial charge on any atom is -0.369 e. The Kier molecular flexibility index (Phi) is 5.75. The van der Waals surface area contributed by atoms with Gasteiger partial charge in [-0.05, 0) is 6.07 Å². The lowest BCUT2D eigenvalue weighted by atomic mass is 10.3. The minimum atomic E-state index is -5.91. The predicted molar refractivity (Wildman–Crippen MR) is 60.0 cm³/mol. The average Bonchev–Trinajstić information content (AvgIpc) is 2.30. The third-order valence-electron chi connectivity index (χ3n) is 1.54. The van der Waals surface area contributed by atoms with E-state index in [1.807, 2.05) is 13.8 Å². The van der Waals surface area contributed by atoms with Crippen LogP contribution in [0.2, 0.25) is 0 Å². The molecule has 10 heteroatoms. The molecule has 0 unspecified atom stereocenters. The molecule has 1 aromatic carbocycles. The zero-order valence-electron chi connectivity index (χ0n) is 9.84. The van der Waals surface area contributed by atoms with Crippen molar-refractivity contribution in [1.29, 1.82) is 0 Å². The van der Waals surface area contributed by atoms with E-state index in [9.17, 15) is 31.7 Å². The highest BCUT2D eigenvalue weighted by Gasteiger charge is 2.49. The summed E-state index contributed by atoms with van der Waals surface area (Å²) in [5.74, 6) is -0.991. The molecule has 0 amide bonds. The number of alkyl halides is 3. The van der Waals surface area contributed by atoms with Crippen molar-refractivity contribution in [3.8, 4) is 5.75 Å². The Bertz CT molecular complexity index is 541. The molecule has 0 aliphatic heterocycles. The summed E-state index contributed by atoms with van der Waals surface area (Å²) < 4.78 is 60.8. The Balaban J connectivity index is 0.00000154. The lowest BCUT2D eigenvalue weighted by molar-refractivity contribution is -0.385. The van der Waals surface area contributed by atoms with Gasteiger partial charge >= 0.3 is 21.3 Å². The van der Waals surface area contributed by atoms with Crippen molar-refractivity contribution in [2.24, 2.45) is 0 Å². The fraction of sp³-hybridized carbons (Fsp3) is 0.333. The maximum Gasteiger partial charge on any atom is 0.534 e. The maximum absolute atomic E-state index is 12.0. The molecule has 0 saturated heterocycles. The number of benzene rings is 1. The molecule has 0 aromatic heterocycles. The second-order valence-corrected chi connectivity index (χ2v) is 4.25. The van der Waals surface area contributed by atoms with E-state index in [-0.39, 0.29) is 0 Å². The molecule has 1 aromatic rings. The number of hydrogen-bond acceptors (Lipinski definition) is 5. The number of nitro groups is 1. The first kappa shape index (κ1) is 17.2. The van der Waals surface area contributed by atoms with E-state index in [1.54, 1.807) is 0 Å². The summed E-state index contributed by atoms with van der Waals surface area (Å²) in [6.45, 7) is 4.00. The Morgan fingerprint density at radius 2 is 1.68 bits per heavy atom. The third kappa shape index (κ3) is 4.39. The largest absolute Gasteiger partial charge is 0.534 e. The highest BCUT2D eigenvalue weighted by Crippen LogP contribution is 2.32. The molecule has 0 saturated carbocycles. The Morgan fingerprint density at radius 1 is 1.21 bits per heavy atom. The van der Waals surface area contributed by atoms with E-state index in [0.717, 1.165) is 24.3 Å². The van der Waals surface area contributed by atoms with Gasteiger partial charge in [-0.1, -0.05) is 26.0 Å². The van der Waals surface area contributed by atoms with Gasteiger partial charge in [-0.25, -0.2) is 0 Å². The van der Waals surface area contributed by atoms with Gasteiger partial charge in [0.1, 0.15) is 0 Å². The topological polar surface area (TPSA) is 86.5 Å². The zero-order valence-corrected chi connectivity index (χ0v) is 10.7. The number of nitro benzene ring substituents is 1. The van der Waals surface area contributed by atoms with E-state index < -0.39 is 32.0 Å². The summed E-state index contributed by atoms with van der Waals surface area (Å²) in [4.78, 5) is 9.35. The maximum atomic E-state index is 12.0. The van der Waals surface area contributed by atoms with Crippen LogP contribution < -0.4 is 4.18 Å². The summed E-state index contributed by atoms with van der Waals surface area (Å²) in [6, 6.07) is 3.84. The van der Waals surface area contributed by atoms with Crippen molar-refractivity contribution in [2.45, 2.75) is 19.4 Å². The minimum absolute atomic E-state index is 0.751. The van der Waals surface area contributed by atoms with Crippen LogP contribution in [0, 0.1) is 10.1 Å². The summed E-state index contributed by atoms with van der Waals surface area (Å²) in [5.41, 5.74) is -6.52. The zero-order chi connectivity index (χ0) is 15.3. The number of rotatable bonds is 3. The second-order valence-electron chi connectivity index (χ2n) is 2.71. The first-order chi connectivity index (χ1) is 8.65. The van der Waals surface area contributed by atoms with Gasteiger partial charge in [-0.2, -0.15) is 21.6 Å². The van der Waals surface area contributed by atoms with Crippen LogP contribution in [0.3, 0.4) is 0 Å². The van der Waals surface area contributed by atoms with E-state index >= 15 is 0 Å².